The molecule has 0 saturated heterocycles. The number of nitrogens with one attached hydrogen (secondary N) is 1. The summed E-state index contributed by atoms with van der Waals surface area (Å²) < 4.78 is 50.4. The maximum Gasteiger partial charge on any atom is 0.435 e. The van der Waals surface area contributed by atoms with Crippen molar-refractivity contribution in [3.63, 3.8) is 0 Å². The first-order chi connectivity index (χ1) is 13.3. The molecule has 1 amide bonds. The Morgan fingerprint density at radius 3 is 2.36 bits per heavy atom. The van der Waals surface area contributed by atoms with Crippen LogP contribution in [-0.4, -0.2) is 36.5 Å². The van der Waals surface area contributed by atoms with E-state index in [1.54, 1.807) is 18.2 Å². The van der Waals surface area contributed by atoms with E-state index in [1.807, 2.05) is 0 Å². The number of halogens is 3. The number of aryl methyl sites for hydroxylation is 1. The largest absolute Gasteiger partial charge is 0.497 e. The number of alkyl halides is 3. The summed E-state index contributed by atoms with van der Waals surface area (Å²) in [5.74, 6) is 0.836. The molecule has 1 fully saturated rings. The molecule has 2 aromatic rings. The van der Waals surface area contributed by atoms with Gasteiger partial charge in [0.15, 0.2) is 5.69 Å². The number of benzene rings is 1. The molecule has 6 nitrogen and oxygen atoms in total. The molecule has 152 valence electrons. The van der Waals surface area contributed by atoms with Crippen LogP contribution in [0.25, 0.3) is 0 Å². The van der Waals surface area contributed by atoms with Gasteiger partial charge in [-0.15, -0.1) is 0 Å². The summed E-state index contributed by atoms with van der Waals surface area (Å²) in [5.41, 5.74) is 0.145. The number of ether oxygens (including phenoxy) is 2. The monoisotopic (exact) mass is 397 g/mol. The highest BCUT2D eigenvalue weighted by molar-refractivity contribution is 5.95. The van der Waals surface area contributed by atoms with E-state index in [4.69, 9.17) is 9.47 Å². The van der Waals surface area contributed by atoms with Crippen molar-refractivity contribution in [3.05, 3.63) is 41.2 Å². The van der Waals surface area contributed by atoms with Crippen LogP contribution in [0.1, 0.15) is 46.9 Å². The maximum absolute atomic E-state index is 12.9. The number of carbonyl (C=O) groups excluding carboxylic acids is 1. The lowest BCUT2D eigenvalue weighted by Gasteiger charge is -2.10. The SMILES string of the molecule is COc1cc(OC)cc(C(=O)NCCCn2nc(C(F)(F)F)cc2C2CC2)c1. The second-order valence-electron chi connectivity index (χ2n) is 6.66. The quantitative estimate of drug-likeness (QED) is 0.691. The molecule has 0 aliphatic heterocycles. The van der Waals surface area contributed by atoms with Crippen molar-refractivity contribution in [2.24, 2.45) is 0 Å². The van der Waals surface area contributed by atoms with Crippen LogP contribution in [0.4, 0.5) is 13.2 Å². The van der Waals surface area contributed by atoms with Gasteiger partial charge in [0, 0.05) is 36.3 Å². The zero-order chi connectivity index (χ0) is 20.3. The van der Waals surface area contributed by atoms with Crippen molar-refractivity contribution in [2.45, 2.75) is 37.9 Å². The third kappa shape index (κ3) is 4.76. The fraction of sp³-hybridized carbons (Fsp3) is 0.474. The minimum absolute atomic E-state index is 0.155. The van der Waals surface area contributed by atoms with E-state index in [0.29, 0.717) is 42.3 Å². The second-order valence-corrected chi connectivity index (χ2v) is 6.66. The number of amides is 1. The summed E-state index contributed by atoms with van der Waals surface area (Å²) in [6, 6.07) is 5.98. The molecule has 1 aliphatic rings. The van der Waals surface area contributed by atoms with Crippen LogP contribution < -0.4 is 14.8 Å². The van der Waals surface area contributed by atoms with Gasteiger partial charge < -0.3 is 14.8 Å². The Morgan fingerprint density at radius 2 is 1.82 bits per heavy atom. The van der Waals surface area contributed by atoms with Gasteiger partial charge in [0.25, 0.3) is 5.91 Å². The lowest BCUT2D eigenvalue weighted by Crippen LogP contribution is -2.25. The van der Waals surface area contributed by atoms with Crippen molar-refractivity contribution in [1.82, 2.24) is 15.1 Å². The summed E-state index contributed by atoms with van der Waals surface area (Å²) in [4.78, 5) is 12.3. The standard InChI is InChI=1S/C19H22F3N3O3/c1-27-14-8-13(9-15(10-14)28-2)18(26)23-6-3-7-25-16(12-4-5-12)11-17(24-25)19(20,21)22/h8-12H,3-7H2,1-2H3,(H,23,26). The molecule has 1 aromatic heterocycles. The van der Waals surface area contributed by atoms with Crippen molar-refractivity contribution in [1.29, 1.82) is 0 Å². The van der Waals surface area contributed by atoms with Gasteiger partial charge in [-0.1, -0.05) is 0 Å². The molecule has 1 aromatic carbocycles. The molecule has 9 heteroatoms. The summed E-state index contributed by atoms with van der Waals surface area (Å²) in [5, 5.41) is 6.47. The molecule has 1 aliphatic carbocycles. The Bertz CT molecular complexity index is 822. The van der Waals surface area contributed by atoms with Gasteiger partial charge >= 0.3 is 6.18 Å². The van der Waals surface area contributed by atoms with E-state index in [-0.39, 0.29) is 11.8 Å². The number of hydrogen-bond acceptors (Lipinski definition) is 4. The van der Waals surface area contributed by atoms with Gasteiger partial charge in [0.2, 0.25) is 0 Å². The third-order valence-corrected chi connectivity index (χ3v) is 4.54. The van der Waals surface area contributed by atoms with Crippen molar-refractivity contribution in [3.8, 4) is 11.5 Å². The van der Waals surface area contributed by atoms with Crippen LogP contribution in [0.2, 0.25) is 0 Å². The minimum atomic E-state index is -4.45. The number of carbonyl (C=O) groups is 1. The zero-order valence-corrected chi connectivity index (χ0v) is 15.7. The highest BCUT2D eigenvalue weighted by Gasteiger charge is 2.37. The summed E-state index contributed by atoms with van der Waals surface area (Å²) in [7, 11) is 2.99. The predicted molar refractivity (Wildman–Crippen MR) is 95.7 cm³/mol. The fourth-order valence-corrected chi connectivity index (χ4v) is 2.93. The first kappa shape index (κ1) is 20.0. The van der Waals surface area contributed by atoms with Gasteiger partial charge in [-0.3, -0.25) is 9.48 Å². The van der Waals surface area contributed by atoms with E-state index < -0.39 is 11.9 Å². The van der Waals surface area contributed by atoms with E-state index in [9.17, 15) is 18.0 Å². The molecule has 1 heterocycles. The van der Waals surface area contributed by atoms with E-state index in [2.05, 4.69) is 10.4 Å². The number of nitrogens with zero attached hydrogens (tertiary/aromatic N) is 2. The molecule has 1 N–H and O–H groups in total. The maximum atomic E-state index is 12.9. The molecule has 0 atom stereocenters. The molecular formula is C19H22F3N3O3. The number of methoxy groups -OCH3 is 2. The van der Waals surface area contributed by atoms with Gasteiger partial charge in [0.1, 0.15) is 11.5 Å². The van der Waals surface area contributed by atoms with Crippen molar-refractivity contribution < 1.29 is 27.4 Å². The summed E-state index contributed by atoms with van der Waals surface area (Å²) >= 11 is 0. The van der Waals surface area contributed by atoms with E-state index in [1.165, 1.54) is 18.9 Å². The predicted octanol–water partition coefficient (Wildman–Crippen LogP) is 3.62. The molecule has 1 saturated carbocycles. The number of hydrogen-bond donors (Lipinski definition) is 1. The Kier molecular flexibility index (Phi) is 5.81. The smallest absolute Gasteiger partial charge is 0.435 e. The van der Waals surface area contributed by atoms with Gasteiger partial charge in [0.05, 0.1) is 14.2 Å². The van der Waals surface area contributed by atoms with Gasteiger partial charge in [-0.2, -0.15) is 18.3 Å². The fourth-order valence-electron chi connectivity index (χ4n) is 2.93. The van der Waals surface area contributed by atoms with E-state index >= 15 is 0 Å². The Balaban J connectivity index is 1.57. The lowest BCUT2D eigenvalue weighted by atomic mass is 10.2. The Hall–Kier alpha value is -2.71. The normalized spacial score (nSPS) is 14.0. The molecule has 0 unspecified atom stereocenters. The molecule has 28 heavy (non-hydrogen) atoms. The van der Waals surface area contributed by atoms with Gasteiger partial charge in [-0.25, -0.2) is 0 Å². The van der Waals surface area contributed by atoms with Crippen molar-refractivity contribution in [2.75, 3.05) is 20.8 Å². The summed E-state index contributed by atoms with van der Waals surface area (Å²) in [6.07, 6.45) is -2.21. The van der Waals surface area contributed by atoms with Gasteiger partial charge in [-0.05, 0) is 37.5 Å². The molecule has 3 rings (SSSR count). The average molecular weight is 397 g/mol. The minimum Gasteiger partial charge on any atom is -0.497 e. The molecule has 0 radical (unpaired) electrons. The summed E-state index contributed by atoms with van der Waals surface area (Å²) in [6.45, 7) is 0.618. The van der Waals surface area contributed by atoms with Crippen LogP contribution in [0.3, 0.4) is 0 Å². The average Bonchev–Trinajstić information content (AvgIpc) is 3.42. The third-order valence-electron chi connectivity index (χ3n) is 4.54. The van der Waals surface area contributed by atoms with E-state index in [0.717, 1.165) is 18.9 Å². The Labute approximate surface area is 160 Å². The van der Waals surface area contributed by atoms with Crippen LogP contribution in [0.5, 0.6) is 11.5 Å². The van der Waals surface area contributed by atoms with Crippen LogP contribution >= 0.6 is 0 Å². The molecule has 0 spiro atoms. The number of rotatable bonds is 8. The van der Waals surface area contributed by atoms with Crippen molar-refractivity contribution >= 4 is 5.91 Å². The highest BCUT2D eigenvalue weighted by atomic mass is 19.4. The topological polar surface area (TPSA) is 65.4 Å². The molecule has 0 bridgehead atoms. The Morgan fingerprint density at radius 1 is 1.18 bits per heavy atom. The van der Waals surface area contributed by atoms with Crippen LogP contribution in [0, 0.1) is 0 Å². The van der Waals surface area contributed by atoms with Crippen LogP contribution in [0.15, 0.2) is 24.3 Å². The molecular weight excluding hydrogens is 375 g/mol. The second kappa shape index (κ2) is 8.12. The first-order valence-electron chi connectivity index (χ1n) is 8.98. The zero-order valence-electron chi connectivity index (χ0n) is 15.7. The first-order valence-corrected chi connectivity index (χ1v) is 8.98. The van der Waals surface area contributed by atoms with Crippen LogP contribution in [-0.2, 0) is 12.7 Å². The highest BCUT2D eigenvalue weighted by Crippen LogP contribution is 2.42. The number of aromatic nitrogens is 2. The lowest BCUT2D eigenvalue weighted by molar-refractivity contribution is -0.141.